The monoisotopic (exact) mass is 497 g/mol. The molecule has 2 aliphatic rings. The first-order valence-electron chi connectivity index (χ1n) is 13.5. The Kier molecular flexibility index (Phi) is 8.28. The minimum Gasteiger partial charge on any atom is -0.345 e. The van der Waals surface area contributed by atoms with Gasteiger partial charge in [-0.05, 0) is 71.0 Å². The van der Waals surface area contributed by atoms with Gasteiger partial charge in [-0.1, -0.05) is 25.3 Å². The van der Waals surface area contributed by atoms with Crippen molar-refractivity contribution in [3.8, 4) is 0 Å². The molecule has 2 aromatic rings. The van der Waals surface area contributed by atoms with Crippen LogP contribution in [0.5, 0.6) is 0 Å². The number of hydrogen-bond donors (Lipinski definition) is 1. The average Bonchev–Trinajstić information content (AvgIpc) is 3.49. The number of aryl methyl sites for hydroxylation is 1. The molecule has 2 fully saturated rings. The summed E-state index contributed by atoms with van der Waals surface area (Å²) in [7, 11) is 1.78. The molecule has 6 nitrogen and oxygen atoms in total. The van der Waals surface area contributed by atoms with Crippen LogP contribution in [-0.4, -0.2) is 52.6 Å². The van der Waals surface area contributed by atoms with E-state index >= 15 is 4.39 Å². The summed E-state index contributed by atoms with van der Waals surface area (Å²) < 4.78 is 17.0. The summed E-state index contributed by atoms with van der Waals surface area (Å²) in [5.41, 5.74) is 1.58. The van der Waals surface area contributed by atoms with Crippen molar-refractivity contribution in [1.29, 1.82) is 0 Å². The van der Waals surface area contributed by atoms with Crippen LogP contribution in [0.15, 0.2) is 18.3 Å². The second-order valence-corrected chi connectivity index (χ2v) is 10.9. The van der Waals surface area contributed by atoms with Gasteiger partial charge in [0.15, 0.2) is 5.78 Å². The third-order valence-corrected chi connectivity index (χ3v) is 8.50. The van der Waals surface area contributed by atoms with Crippen molar-refractivity contribution >= 4 is 28.4 Å². The van der Waals surface area contributed by atoms with Crippen LogP contribution in [0.1, 0.15) is 81.1 Å². The molecule has 1 aliphatic heterocycles. The summed E-state index contributed by atoms with van der Waals surface area (Å²) in [6.45, 7) is 6.21. The highest BCUT2D eigenvalue weighted by atomic mass is 19.1. The summed E-state index contributed by atoms with van der Waals surface area (Å²) in [4.78, 5) is 41.2. The summed E-state index contributed by atoms with van der Waals surface area (Å²) in [5.74, 6) is -0.392. The van der Waals surface area contributed by atoms with E-state index < -0.39 is 0 Å². The van der Waals surface area contributed by atoms with E-state index in [0.717, 1.165) is 38.5 Å². The second-order valence-electron chi connectivity index (χ2n) is 10.9. The van der Waals surface area contributed by atoms with Gasteiger partial charge in [-0.3, -0.25) is 14.4 Å². The fraction of sp³-hybridized carbons (Fsp3) is 0.621. The Morgan fingerprint density at radius 2 is 1.83 bits per heavy atom. The molecule has 2 heterocycles. The standard InChI is InChI=1S/C29H40FN3O3/c1-18-12-13-25-27(28(18)30)24(20(3)34)17-32(25)16-22-11-8-14-33(22)29(36)23(15-26(35)19(2)31-4)21-9-6-5-7-10-21/h12-13,17,19,21-23,31H,5-11,14-16H2,1-4H3. The van der Waals surface area contributed by atoms with Crippen molar-refractivity contribution < 1.29 is 18.8 Å². The zero-order valence-corrected chi connectivity index (χ0v) is 22.1. The maximum absolute atomic E-state index is 15.0. The van der Waals surface area contributed by atoms with Crippen LogP contribution < -0.4 is 5.32 Å². The Bertz CT molecular complexity index is 1130. The van der Waals surface area contributed by atoms with E-state index in [1.807, 2.05) is 22.5 Å². The zero-order chi connectivity index (χ0) is 26.0. The third kappa shape index (κ3) is 5.26. The van der Waals surface area contributed by atoms with Crippen LogP contribution in [0.3, 0.4) is 0 Å². The number of aromatic nitrogens is 1. The van der Waals surface area contributed by atoms with Gasteiger partial charge in [0.25, 0.3) is 0 Å². The first kappa shape index (κ1) is 26.5. The normalized spacial score (nSPS) is 20.6. The van der Waals surface area contributed by atoms with Gasteiger partial charge >= 0.3 is 0 Å². The quantitative estimate of drug-likeness (QED) is 0.493. The Labute approximate surface area is 213 Å². The Balaban J connectivity index is 1.61. The number of ketones is 2. The maximum atomic E-state index is 15.0. The highest BCUT2D eigenvalue weighted by molar-refractivity contribution is 6.07. The van der Waals surface area contributed by atoms with E-state index in [1.54, 1.807) is 26.2 Å². The van der Waals surface area contributed by atoms with Crippen LogP contribution >= 0.6 is 0 Å². The van der Waals surface area contributed by atoms with Crippen molar-refractivity contribution in [2.45, 2.75) is 90.8 Å². The molecule has 0 spiro atoms. The molecule has 4 rings (SSSR count). The fourth-order valence-corrected chi connectivity index (χ4v) is 6.18. The molecule has 7 heteroatoms. The predicted molar refractivity (Wildman–Crippen MR) is 140 cm³/mol. The van der Waals surface area contributed by atoms with E-state index in [4.69, 9.17) is 0 Å². The number of carbonyl (C=O) groups is 3. The van der Waals surface area contributed by atoms with Crippen LogP contribution in [0.25, 0.3) is 10.9 Å². The fourth-order valence-electron chi connectivity index (χ4n) is 6.18. The largest absolute Gasteiger partial charge is 0.345 e. The van der Waals surface area contributed by atoms with E-state index in [1.165, 1.54) is 13.3 Å². The third-order valence-electron chi connectivity index (χ3n) is 8.50. The second kappa shape index (κ2) is 11.2. The summed E-state index contributed by atoms with van der Waals surface area (Å²) in [6.07, 6.45) is 9.20. The highest BCUT2D eigenvalue weighted by Crippen LogP contribution is 2.36. The van der Waals surface area contributed by atoms with Crippen LogP contribution in [0.4, 0.5) is 4.39 Å². The lowest BCUT2D eigenvalue weighted by molar-refractivity contribution is -0.141. The molecule has 1 amide bonds. The number of likely N-dealkylation sites (tertiary alicyclic amines) is 1. The molecular formula is C29H40FN3O3. The lowest BCUT2D eigenvalue weighted by Crippen LogP contribution is -2.45. The maximum Gasteiger partial charge on any atom is 0.226 e. The number of amides is 1. The molecule has 0 bridgehead atoms. The van der Waals surface area contributed by atoms with E-state index in [-0.39, 0.29) is 53.6 Å². The molecule has 1 saturated heterocycles. The highest BCUT2D eigenvalue weighted by Gasteiger charge is 2.39. The number of nitrogens with one attached hydrogen (secondary N) is 1. The van der Waals surface area contributed by atoms with E-state index in [0.29, 0.717) is 35.1 Å². The molecule has 1 saturated carbocycles. The number of carbonyl (C=O) groups excluding carboxylic acids is 3. The van der Waals surface area contributed by atoms with Gasteiger partial charge in [-0.2, -0.15) is 0 Å². The first-order valence-corrected chi connectivity index (χ1v) is 13.5. The van der Waals surface area contributed by atoms with Crippen LogP contribution in [0, 0.1) is 24.6 Å². The van der Waals surface area contributed by atoms with Crippen molar-refractivity contribution in [3.05, 3.63) is 35.3 Å². The van der Waals surface area contributed by atoms with Crippen molar-refractivity contribution in [1.82, 2.24) is 14.8 Å². The van der Waals surface area contributed by atoms with Gasteiger partial charge in [0.05, 0.1) is 11.6 Å². The molecule has 0 radical (unpaired) electrons. The number of Topliss-reactive ketones (excluding diaryl/α,β-unsaturated/α-hetero) is 2. The van der Waals surface area contributed by atoms with Gasteiger partial charge < -0.3 is 14.8 Å². The van der Waals surface area contributed by atoms with Gasteiger partial charge in [0.1, 0.15) is 11.6 Å². The number of likely N-dealkylation sites (N-methyl/N-ethyl adjacent to an activating group) is 1. The number of benzene rings is 1. The minimum atomic E-state index is -0.356. The predicted octanol–water partition coefficient (Wildman–Crippen LogP) is 5.05. The lowest BCUT2D eigenvalue weighted by Gasteiger charge is -2.35. The molecular weight excluding hydrogens is 457 g/mol. The van der Waals surface area contributed by atoms with E-state index in [2.05, 4.69) is 5.32 Å². The number of nitrogens with zero attached hydrogens (tertiary/aromatic N) is 2. The van der Waals surface area contributed by atoms with Crippen molar-refractivity contribution in [3.63, 3.8) is 0 Å². The molecule has 196 valence electrons. The molecule has 36 heavy (non-hydrogen) atoms. The minimum absolute atomic E-state index is 0.0415. The Hall–Kier alpha value is -2.54. The SMILES string of the molecule is CNC(C)C(=O)CC(C(=O)N1CCCC1Cn1cc(C(C)=O)c2c(F)c(C)ccc21)C1CCCCC1. The molecule has 3 unspecified atom stereocenters. The molecule has 1 aromatic heterocycles. The van der Waals surface area contributed by atoms with Crippen LogP contribution in [-0.2, 0) is 16.1 Å². The molecule has 3 atom stereocenters. The van der Waals surface area contributed by atoms with Gasteiger partial charge in [-0.15, -0.1) is 0 Å². The van der Waals surface area contributed by atoms with Crippen molar-refractivity contribution in [2.75, 3.05) is 13.6 Å². The summed E-state index contributed by atoms with van der Waals surface area (Å²) in [5, 5.41) is 3.39. The summed E-state index contributed by atoms with van der Waals surface area (Å²) >= 11 is 0. The smallest absolute Gasteiger partial charge is 0.226 e. The zero-order valence-electron chi connectivity index (χ0n) is 22.1. The van der Waals surface area contributed by atoms with Gasteiger partial charge in [-0.25, -0.2) is 4.39 Å². The lowest BCUT2D eigenvalue weighted by atomic mass is 9.76. The first-order chi connectivity index (χ1) is 17.2. The van der Waals surface area contributed by atoms with Crippen molar-refractivity contribution in [2.24, 2.45) is 11.8 Å². The topological polar surface area (TPSA) is 71.4 Å². The average molecular weight is 498 g/mol. The number of halogens is 1. The molecule has 1 aromatic carbocycles. The van der Waals surface area contributed by atoms with E-state index in [9.17, 15) is 14.4 Å². The molecule has 1 N–H and O–H groups in total. The number of hydrogen-bond acceptors (Lipinski definition) is 4. The number of fused-ring (bicyclic) bond motifs is 1. The summed E-state index contributed by atoms with van der Waals surface area (Å²) in [6, 6.07) is 3.29. The Morgan fingerprint density at radius 3 is 2.50 bits per heavy atom. The molecule has 1 aliphatic carbocycles. The van der Waals surface area contributed by atoms with Crippen LogP contribution in [0.2, 0.25) is 0 Å². The van der Waals surface area contributed by atoms with Gasteiger partial charge in [0, 0.05) is 48.6 Å². The number of rotatable bonds is 9. The Morgan fingerprint density at radius 1 is 1.11 bits per heavy atom. The van der Waals surface area contributed by atoms with Gasteiger partial charge in [0.2, 0.25) is 5.91 Å².